The van der Waals surface area contributed by atoms with Gasteiger partial charge < -0.3 is 4.90 Å². The van der Waals surface area contributed by atoms with Crippen molar-refractivity contribution in [2.24, 2.45) is 5.41 Å². The molecular weight excluding hydrogens is 226 g/mol. The molecule has 1 unspecified atom stereocenters. The lowest BCUT2D eigenvalue weighted by Crippen LogP contribution is -2.56. The van der Waals surface area contributed by atoms with E-state index in [-0.39, 0.29) is 5.91 Å². The Bertz CT molecular complexity index is 355. The molecule has 1 aliphatic heterocycles. The van der Waals surface area contributed by atoms with Crippen molar-refractivity contribution in [2.75, 3.05) is 26.2 Å². The van der Waals surface area contributed by atoms with Crippen molar-refractivity contribution < 1.29 is 4.79 Å². The Labute approximate surface area is 110 Å². The fourth-order valence-corrected chi connectivity index (χ4v) is 3.30. The van der Waals surface area contributed by atoms with E-state index in [0.29, 0.717) is 6.04 Å². The summed E-state index contributed by atoms with van der Waals surface area (Å²) in [6.45, 7) is 7.84. The Morgan fingerprint density at radius 1 is 1.39 bits per heavy atom. The van der Waals surface area contributed by atoms with Gasteiger partial charge in [-0.2, -0.15) is 5.26 Å². The normalized spacial score (nSPS) is 28.1. The SMILES string of the molecule is CCN1CCN(C(=O)C2(C#N)CCCC2)CC1C. The average Bonchev–Trinajstić information content (AvgIpc) is 2.87. The van der Waals surface area contributed by atoms with Crippen LogP contribution in [0.5, 0.6) is 0 Å². The second-order valence-electron chi connectivity index (χ2n) is 5.63. The maximum Gasteiger partial charge on any atom is 0.243 e. The van der Waals surface area contributed by atoms with Crippen LogP contribution in [0.15, 0.2) is 0 Å². The van der Waals surface area contributed by atoms with Gasteiger partial charge in [-0.15, -0.1) is 0 Å². The Hall–Kier alpha value is -1.08. The lowest BCUT2D eigenvalue weighted by Gasteiger charge is -2.41. The van der Waals surface area contributed by atoms with Gasteiger partial charge in [-0.3, -0.25) is 9.69 Å². The fraction of sp³-hybridized carbons (Fsp3) is 0.857. The molecule has 1 saturated carbocycles. The van der Waals surface area contributed by atoms with Gasteiger partial charge in [0.05, 0.1) is 6.07 Å². The zero-order valence-electron chi connectivity index (χ0n) is 11.5. The third-order valence-electron chi connectivity index (χ3n) is 4.54. The Kier molecular flexibility index (Phi) is 3.91. The molecule has 2 rings (SSSR count). The van der Waals surface area contributed by atoms with E-state index in [0.717, 1.165) is 51.9 Å². The predicted molar refractivity (Wildman–Crippen MR) is 69.8 cm³/mol. The van der Waals surface area contributed by atoms with E-state index in [1.807, 2.05) is 4.90 Å². The minimum atomic E-state index is -0.700. The Balaban J connectivity index is 2.04. The molecule has 1 aliphatic carbocycles. The highest BCUT2D eigenvalue weighted by molar-refractivity contribution is 5.86. The first-order chi connectivity index (χ1) is 8.63. The number of hydrogen-bond donors (Lipinski definition) is 0. The highest BCUT2D eigenvalue weighted by Crippen LogP contribution is 2.39. The zero-order chi connectivity index (χ0) is 13.2. The molecule has 4 nitrogen and oxygen atoms in total. The van der Waals surface area contributed by atoms with E-state index in [4.69, 9.17) is 0 Å². The van der Waals surface area contributed by atoms with Crippen LogP contribution in [0.4, 0.5) is 0 Å². The summed E-state index contributed by atoms with van der Waals surface area (Å²) in [5.41, 5.74) is -0.700. The van der Waals surface area contributed by atoms with Crippen LogP contribution >= 0.6 is 0 Å². The van der Waals surface area contributed by atoms with Crippen LogP contribution in [0, 0.1) is 16.7 Å². The van der Waals surface area contributed by atoms with Crippen LogP contribution in [-0.2, 0) is 4.79 Å². The molecule has 4 heteroatoms. The first-order valence-electron chi connectivity index (χ1n) is 7.07. The number of nitrogens with zero attached hydrogens (tertiary/aromatic N) is 3. The third-order valence-corrected chi connectivity index (χ3v) is 4.54. The van der Waals surface area contributed by atoms with Crippen LogP contribution in [0.25, 0.3) is 0 Å². The summed E-state index contributed by atoms with van der Waals surface area (Å²) in [6, 6.07) is 2.72. The van der Waals surface area contributed by atoms with Gasteiger partial charge in [-0.1, -0.05) is 19.8 Å². The monoisotopic (exact) mass is 249 g/mol. The minimum Gasteiger partial charge on any atom is -0.338 e. The van der Waals surface area contributed by atoms with Crippen molar-refractivity contribution in [1.82, 2.24) is 9.80 Å². The van der Waals surface area contributed by atoms with Crippen LogP contribution in [0.3, 0.4) is 0 Å². The molecule has 1 saturated heterocycles. The quantitative estimate of drug-likeness (QED) is 0.747. The van der Waals surface area contributed by atoms with Gasteiger partial charge in [0.1, 0.15) is 5.41 Å². The smallest absolute Gasteiger partial charge is 0.243 e. The predicted octanol–water partition coefficient (Wildman–Crippen LogP) is 1.62. The largest absolute Gasteiger partial charge is 0.338 e. The molecule has 2 aliphatic rings. The summed E-state index contributed by atoms with van der Waals surface area (Å²) in [7, 11) is 0. The summed E-state index contributed by atoms with van der Waals surface area (Å²) < 4.78 is 0. The standard InChI is InChI=1S/C14H23N3O/c1-3-16-8-9-17(10-12(16)2)13(18)14(11-15)6-4-5-7-14/h12H,3-10H2,1-2H3. The molecule has 0 aromatic rings. The summed E-state index contributed by atoms with van der Waals surface area (Å²) >= 11 is 0. The third kappa shape index (κ3) is 2.24. The van der Waals surface area contributed by atoms with Gasteiger partial charge in [-0.05, 0) is 26.3 Å². The number of likely N-dealkylation sites (N-methyl/N-ethyl adjacent to an activating group) is 1. The maximum absolute atomic E-state index is 12.6. The summed E-state index contributed by atoms with van der Waals surface area (Å²) in [5, 5.41) is 9.37. The van der Waals surface area contributed by atoms with E-state index < -0.39 is 5.41 Å². The molecule has 1 atom stereocenters. The number of piperazine rings is 1. The number of carbonyl (C=O) groups is 1. The topological polar surface area (TPSA) is 47.3 Å². The highest BCUT2D eigenvalue weighted by Gasteiger charge is 2.44. The van der Waals surface area contributed by atoms with Gasteiger partial charge in [-0.25, -0.2) is 0 Å². The minimum absolute atomic E-state index is 0.0881. The Morgan fingerprint density at radius 2 is 2.06 bits per heavy atom. The lowest BCUT2D eigenvalue weighted by molar-refractivity contribution is -0.141. The van der Waals surface area contributed by atoms with Gasteiger partial charge in [0.25, 0.3) is 0 Å². The number of nitriles is 1. The van der Waals surface area contributed by atoms with E-state index >= 15 is 0 Å². The number of hydrogen-bond acceptors (Lipinski definition) is 3. The first kappa shape index (κ1) is 13.4. The molecule has 0 radical (unpaired) electrons. The van der Waals surface area contributed by atoms with Crippen molar-refractivity contribution in [3.63, 3.8) is 0 Å². The average molecular weight is 249 g/mol. The van der Waals surface area contributed by atoms with Crippen molar-refractivity contribution in [1.29, 1.82) is 5.26 Å². The van der Waals surface area contributed by atoms with Crippen LogP contribution in [-0.4, -0.2) is 47.9 Å². The lowest BCUT2D eigenvalue weighted by atomic mass is 9.86. The zero-order valence-corrected chi connectivity index (χ0v) is 11.5. The highest BCUT2D eigenvalue weighted by atomic mass is 16.2. The fourth-order valence-electron chi connectivity index (χ4n) is 3.30. The molecule has 0 aromatic heterocycles. The molecule has 1 amide bonds. The van der Waals surface area contributed by atoms with E-state index in [2.05, 4.69) is 24.8 Å². The number of carbonyl (C=O) groups excluding carboxylic acids is 1. The molecule has 2 fully saturated rings. The van der Waals surface area contributed by atoms with Crippen molar-refractivity contribution in [3.05, 3.63) is 0 Å². The first-order valence-corrected chi connectivity index (χ1v) is 7.07. The maximum atomic E-state index is 12.6. The Morgan fingerprint density at radius 3 is 2.56 bits per heavy atom. The molecule has 18 heavy (non-hydrogen) atoms. The molecular formula is C14H23N3O. The molecule has 100 valence electrons. The van der Waals surface area contributed by atoms with Gasteiger partial charge in [0.2, 0.25) is 5.91 Å². The molecule has 0 bridgehead atoms. The molecule has 0 aromatic carbocycles. The molecule has 1 heterocycles. The van der Waals surface area contributed by atoms with Crippen LogP contribution in [0.1, 0.15) is 39.5 Å². The van der Waals surface area contributed by atoms with E-state index in [9.17, 15) is 10.1 Å². The summed E-state index contributed by atoms with van der Waals surface area (Å²) in [4.78, 5) is 16.9. The van der Waals surface area contributed by atoms with Crippen molar-refractivity contribution in [3.8, 4) is 6.07 Å². The van der Waals surface area contributed by atoms with Gasteiger partial charge in [0.15, 0.2) is 0 Å². The van der Waals surface area contributed by atoms with Gasteiger partial charge in [0, 0.05) is 25.7 Å². The second-order valence-corrected chi connectivity index (χ2v) is 5.63. The van der Waals surface area contributed by atoms with Crippen molar-refractivity contribution >= 4 is 5.91 Å². The second kappa shape index (κ2) is 5.27. The van der Waals surface area contributed by atoms with E-state index in [1.54, 1.807) is 0 Å². The van der Waals surface area contributed by atoms with Crippen LogP contribution < -0.4 is 0 Å². The van der Waals surface area contributed by atoms with E-state index in [1.165, 1.54) is 0 Å². The molecule has 0 N–H and O–H groups in total. The van der Waals surface area contributed by atoms with Crippen LogP contribution in [0.2, 0.25) is 0 Å². The number of amides is 1. The summed E-state index contributed by atoms with van der Waals surface area (Å²) in [6.07, 6.45) is 3.54. The molecule has 0 spiro atoms. The number of rotatable bonds is 2. The van der Waals surface area contributed by atoms with Crippen molar-refractivity contribution in [2.45, 2.75) is 45.6 Å². The summed E-state index contributed by atoms with van der Waals surface area (Å²) in [5.74, 6) is 0.0881. The van der Waals surface area contributed by atoms with Gasteiger partial charge >= 0.3 is 0 Å².